The summed E-state index contributed by atoms with van der Waals surface area (Å²) in [6.07, 6.45) is 16.6. The van der Waals surface area contributed by atoms with Crippen molar-refractivity contribution in [2.75, 3.05) is 13.1 Å². The molecule has 0 aromatic heterocycles. The highest BCUT2D eigenvalue weighted by molar-refractivity contribution is 6.30. The summed E-state index contributed by atoms with van der Waals surface area (Å²) >= 11 is 12.5. The summed E-state index contributed by atoms with van der Waals surface area (Å²) in [5, 5.41) is 0.347. The zero-order valence-electron chi connectivity index (χ0n) is 13.0. The van der Waals surface area contributed by atoms with Gasteiger partial charge in [-0.15, -0.1) is 23.2 Å². The van der Waals surface area contributed by atoms with Crippen molar-refractivity contribution in [3.63, 3.8) is 0 Å². The average Bonchev–Trinajstić information content (AvgIpc) is 3.29. The first-order chi connectivity index (χ1) is 10.2. The minimum Gasteiger partial charge on any atom is -0.300 e. The number of piperidine rings is 1. The number of hydrogen-bond acceptors (Lipinski definition) is 1. The SMILES string of the molecule is ClC1CCC(/C=C/CC2CCCCN2CC2CC2)CC1Cl. The van der Waals surface area contributed by atoms with Crippen molar-refractivity contribution in [1.29, 1.82) is 0 Å². The lowest BCUT2D eigenvalue weighted by Crippen LogP contribution is -2.40. The van der Waals surface area contributed by atoms with E-state index in [9.17, 15) is 0 Å². The molecule has 1 nitrogen and oxygen atoms in total. The maximum Gasteiger partial charge on any atom is 0.0505 e. The van der Waals surface area contributed by atoms with Gasteiger partial charge in [0.05, 0.1) is 5.38 Å². The Morgan fingerprint density at radius 1 is 0.952 bits per heavy atom. The van der Waals surface area contributed by atoms with E-state index in [-0.39, 0.29) is 10.8 Å². The summed E-state index contributed by atoms with van der Waals surface area (Å²) in [4.78, 5) is 2.77. The molecule has 0 bridgehead atoms. The van der Waals surface area contributed by atoms with E-state index >= 15 is 0 Å². The summed E-state index contributed by atoms with van der Waals surface area (Å²) in [5.41, 5.74) is 0. The third-order valence-electron chi connectivity index (χ3n) is 5.49. The van der Waals surface area contributed by atoms with Crippen molar-refractivity contribution in [3.8, 4) is 0 Å². The van der Waals surface area contributed by atoms with Crippen LogP contribution < -0.4 is 0 Å². The summed E-state index contributed by atoms with van der Waals surface area (Å²) < 4.78 is 0. The Bertz CT molecular complexity index is 353. The average molecular weight is 330 g/mol. The molecule has 21 heavy (non-hydrogen) atoms. The summed E-state index contributed by atoms with van der Waals surface area (Å²) in [6.45, 7) is 2.69. The van der Waals surface area contributed by atoms with Crippen LogP contribution in [0.15, 0.2) is 12.2 Å². The second-order valence-corrected chi connectivity index (χ2v) is 8.48. The molecular formula is C18H29Cl2N. The monoisotopic (exact) mass is 329 g/mol. The van der Waals surface area contributed by atoms with Crippen LogP contribution >= 0.6 is 23.2 Å². The highest BCUT2D eigenvalue weighted by atomic mass is 35.5. The van der Waals surface area contributed by atoms with Crippen LogP contribution in [0.4, 0.5) is 0 Å². The quantitative estimate of drug-likeness (QED) is 0.494. The van der Waals surface area contributed by atoms with Gasteiger partial charge in [-0.05, 0) is 69.7 Å². The Balaban J connectivity index is 1.45. The normalized spacial score (nSPS) is 39.0. The standard InChI is InChI=1S/C18H29Cl2N/c19-17-10-9-14(12-18(17)20)4-3-6-16-5-1-2-11-21(16)13-15-7-8-15/h3-4,14-18H,1-2,5-13H2/b4-3+. The summed E-state index contributed by atoms with van der Waals surface area (Å²) in [5.74, 6) is 1.67. The zero-order chi connectivity index (χ0) is 14.7. The highest BCUT2D eigenvalue weighted by Crippen LogP contribution is 2.34. The van der Waals surface area contributed by atoms with E-state index in [2.05, 4.69) is 17.1 Å². The van der Waals surface area contributed by atoms with E-state index in [0.29, 0.717) is 5.92 Å². The van der Waals surface area contributed by atoms with Crippen LogP contribution in [0.25, 0.3) is 0 Å². The van der Waals surface area contributed by atoms with Crippen LogP contribution in [0.2, 0.25) is 0 Å². The number of hydrogen-bond donors (Lipinski definition) is 0. The number of rotatable bonds is 5. The third-order valence-corrected chi connectivity index (χ3v) is 6.62. The molecule has 1 saturated heterocycles. The van der Waals surface area contributed by atoms with Crippen molar-refractivity contribution >= 4 is 23.2 Å². The molecule has 1 heterocycles. The summed E-state index contributed by atoms with van der Waals surface area (Å²) in [7, 11) is 0. The van der Waals surface area contributed by atoms with Gasteiger partial charge in [-0.2, -0.15) is 0 Å². The predicted octanol–water partition coefficient (Wildman–Crippen LogP) is 5.21. The first-order valence-corrected chi connectivity index (χ1v) is 9.78. The van der Waals surface area contributed by atoms with Crippen molar-refractivity contribution in [2.24, 2.45) is 11.8 Å². The Kier molecular flexibility index (Phi) is 5.92. The van der Waals surface area contributed by atoms with Crippen LogP contribution in [0, 0.1) is 11.8 Å². The molecule has 0 radical (unpaired) electrons. The number of halogens is 2. The van der Waals surface area contributed by atoms with Gasteiger partial charge in [-0.25, -0.2) is 0 Å². The smallest absolute Gasteiger partial charge is 0.0505 e. The molecule has 2 saturated carbocycles. The van der Waals surface area contributed by atoms with Crippen molar-refractivity contribution in [1.82, 2.24) is 4.90 Å². The van der Waals surface area contributed by atoms with Gasteiger partial charge in [0.2, 0.25) is 0 Å². The van der Waals surface area contributed by atoms with Crippen molar-refractivity contribution < 1.29 is 0 Å². The minimum atomic E-state index is 0.163. The van der Waals surface area contributed by atoms with Crippen LogP contribution in [0.1, 0.15) is 57.8 Å². The topological polar surface area (TPSA) is 3.24 Å². The van der Waals surface area contributed by atoms with Crippen LogP contribution in [-0.4, -0.2) is 34.8 Å². The van der Waals surface area contributed by atoms with Crippen LogP contribution in [-0.2, 0) is 0 Å². The molecule has 0 aromatic carbocycles. The number of likely N-dealkylation sites (tertiary alicyclic amines) is 1. The molecule has 0 amide bonds. The van der Waals surface area contributed by atoms with Gasteiger partial charge in [0.15, 0.2) is 0 Å². The molecule has 2 aliphatic carbocycles. The molecule has 0 spiro atoms. The van der Waals surface area contributed by atoms with Gasteiger partial charge in [-0.3, -0.25) is 4.90 Å². The molecule has 4 unspecified atom stereocenters. The van der Waals surface area contributed by atoms with Gasteiger partial charge >= 0.3 is 0 Å². The maximum atomic E-state index is 6.30. The molecule has 0 aromatic rings. The van der Waals surface area contributed by atoms with E-state index < -0.39 is 0 Å². The van der Waals surface area contributed by atoms with Crippen molar-refractivity contribution in [2.45, 2.75) is 74.6 Å². The van der Waals surface area contributed by atoms with Gasteiger partial charge in [0.1, 0.15) is 0 Å². The first-order valence-electron chi connectivity index (χ1n) is 8.91. The van der Waals surface area contributed by atoms with Gasteiger partial charge in [-0.1, -0.05) is 18.6 Å². The second-order valence-electron chi connectivity index (χ2n) is 7.36. The second kappa shape index (κ2) is 7.70. The number of nitrogens with zero attached hydrogens (tertiary/aromatic N) is 1. The largest absolute Gasteiger partial charge is 0.300 e. The van der Waals surface area contributed by atoms with Crippen LogP contribution in [0.3, 0.4) is 0 Å². The van der Waals surface area contributed by atoms with E-state index in [1.807, 2.05) is 0 Å². The van der Waals surface area contributed by atoms with Gasteiger partial charge < -0.3 is 0 Å². The molecular weight excluding hydrogens is 301 g/mol. The van der Waals surface area contributed by atoms with E-state index in [0.717, 1.165) is 24.8 Å². The Morgan fingerprint density at radius 2 is 1.81 bits per heavy atom. The van der Waals surface area contributed by atoms with Gasteiger partial charge in [0, 0.05) is 18.0 Å². The summed E-state index contributed by atoms with van der Waals surface area (Å²) in [6, 6.07) is 0.798. The molecule has 3 rings (SSSR count). The van der Waals surface area contributed by atoms with E-state index in [1.54, 1.807) is 0 Å². The fourth-order valence-corrected chi connectivity index (χ4v) is 4.49. The fraction of sp³-hybridized carbons (Fsp3) is 0.889. The molecule has 4 atom stereocenters. The van der Waals surface area contributed by atoms with Crippen LogP contribution in [0.5, 0.6) is 0 Å². The fourth-order valence-electron chi connectivity index (χ4n) is 3.91. The first kappa shape index (κ1) is 16.1. The Hall–Kier alpha value is 0.280. The lowest BCUT2D eigenvalue weighted by Gasteiger charge is -2.35. The number of alkyl halides is 2. The highest BCUT2D eigenvalue weighted by Gasteiger charge is 2.29. The lowest BCUT2D eigenvalue weighted by molar-refractivity contribution is 0.143. The van der Waals surface area contributed by atoms with E-state index in [4.69, 9.17) is 23.2 Å². The lowest BCUT2D eigenvalue weighted by atomic mass is 9.87. The minimum absolute atomic E-state index is 0.163. The Morgan fingerprint density at radius 3 is 2.57 bits per heavy atom. The maximum absolute atomic E-state index is 6.30. The molecule has 120 valence electrons. The molecule has 3 heteroatoms. The van der Waals surface area contributed by atoms with E-state index in [1.165, 1.54) is 58.0 Å². The predicted molar refractivity (Wildman–Crippen MR) is 92.3 cm³/mol. The number of allylic oxidation sites excluding steroid dienone is 1. The molecule has 3 aliphatic rings. The third kappa shape index (κ3) is 4.88. The van der Waals surface area contributed by atoms with Crippen molar-refractivity contribution in [3.05, 3.63) is 12.2 Å². The molecule has 0 N–H and O–H groups in total. The molecule has 1 aliphatic heterocycles. The van der Waals surface area contributed by atoms with Gasteiger partial charge in [0.25, 0.3) is 0 Å². The zero-order valence-corrected chi connectivity index (χ0v) is 14.5. The molecule has 3 fully saturated rings. The Labute approximate surface area is 140 Å².